The van der Waals surface area contributed by atoms with E-state index in [-0.39, 0.29) is 17.2 Å². The van der Waals surface area contributed by atoms with E-state index in [4.69, 9.17) is 14.5 Å². The van der Waals surface area contributed by atoms with E-state index >= 15 is 0 Å². The summed E-state index contributed by atoms with van der Waals surface area (Å²) in [4.78, 5) is 32.6. The second-order valence-electron chi connectivity index (χ2n) is 7.01. The summed E-state index contributed by atoms with van der Waals surface area (Å²) in [5, 5.41) is 0.981. The zero-order valence-corrected chi connectivity index (χ0v) is 17.8. The maximum Gasteiger partial charge on any atom is 0.266 e. The van der Waals surface area contributed by atoms with Crippen LogP contribution >= 0.6 is 11.8 Å². The number of aromatic nitrogens is 2. The first-order chi connectivity index (χ1) is 14.6. The molecule has 1 fully saturated rings. The number of morpholine rings is 1. The molecule has 0 unspecified atom stereocenters. The van der Waals surface area contributed by atoms with Gasteiger partial charge in [-0.05, 0) is 36.8 Å². The Balaban J connectivity index is 1.78. The molecule has 0 atom stereocenters. The number of methoxy groups -OCH3 is 1. The van der Waals surface area contributed by atoms with Gasteiger partial charge in [0, 0.05) is 13.1 Å². The van der Waals surface area contributed by atoms with Crippen LogP contribution in [-0.4, -0.2) is 59.5 Å². The minimum Gasteiger partial charge on any atom is -0.495 e. The lowest BCUT2D eigenvalue weighted by molar-refractivity contribution is -0.132. The molecule has 0 spiro atoms. The van der Waals surface area contributed by atoms with E-state index in [1.54, 1.807) is 22.6 Å². The minimum absolute atomic E-state index is 0.00784. The van der Waals surface area contributed by atoms with E-state index in [1.165, 1.54) is 11.8 Å². The van der Waals surface area contributed by atoms with E-state index in [1.807, 2.05) is 43.3 Å². The number of hydrogen-bond donors (Lipinski definition) is 0. The zero-order chi connectivity index (χ0) is 21.1. The van der Waals surface area contributed by atoms with Gasteiger partial charge >= 0.3 is 0 Å². The van der Waals surface area contributed by atoms with Crippen LogP contribution in [0.15, 0.2) is 52.4 Å². The van der Waals surface area contributed by atoms with Gasteiger partial charge in [-0.3, -0.25) is 14.2 Å². The Morgan fingerprint density at radius 3 is 2.73 bits per heavy atom. The van der Waals surface area contributed by atoms with Crippen LogP contribution < -0.4 is 10.3 Å². The fourth-order valence-corrected chi connectivity index (χ4v) is 4.34. The molecule has 4 rings (SSSR count). The largest absolute Gasteiger partial charge is 0.495 e. The Kier molecular flexibility index (Phi) is 6.06. The number of amides is 1. The average molecular weight is 426 g/mol. The Hall–Kier alpha value is -2.84. The van der Waals surface area contributed by atoms with E-state index in [9.17, 15) is 9.59 Å². The third-order valence-electron chi connectivity index (χ3n) is 5.01. The van der Waals surface area contributed by atoms with Crippen molar-refractivity contribution in [2.75, 3.05) is 39.2 Å². The van der Waals surface area contributed by atoms with Crippen LogP contribution in [0.5, 0.6) is 5.75 Å². The molecule has 1 amide bonds. The van der Waals surface area contributed by atoms with Crippen LogP contribution in [0, 0.1) is 6.92 Å². The number of aryl methyl sites for hydroxylation is 1. The number of benzene rings is 2. The molecular formula is C22H23N3O4S. The van der Waals surface area contributed by atoms with Gasteiger partial charge in [-0.1, -0.05) is 30.0 Å². The maximum atomic E-state index is 13.4. The second kappa shape index (κ2) is 8.89. The Labute approximate surface area is 178 Å². The number of carbonyl (C=O) groups is 1. The average Bonchev–Trinajstić information content (AvgIpc) is 2.78. The molecule has 1 aliphatic rings. The van der Waals surface area contributed by atoms with Gasteiger partial charge in [-0.25, -0.2) is 4.98 Å². The summed E-state index contributed by atoms with van der Waals surface area (Å²) in [5.41, 5.74) is 2.02. The summed E-state index contributed by atoms with van der Waals surface area (Å²) < 4.78 is 12.4. The van der Waals surface area contributed by atoms with Crippen molar-refractivity contribution in [1.29, 1.82) is 0 Å². The number of fused-ring (bicyclic) bond motifs is 1. The van der Waals surface area contributed by atoms with Crippen molar-refractivity contribution < 1.29 is 14.3 Å². The molecule has 30 heavy (non-hydrogen) atoms. The summed E-state index contributed by atoms with van der Waals surface area (Å²) in [6.45, 7) is 4.23. The van der Waals surface area contributed by atoms with Gasteiger partial charge in [-0.2, -0.15) is 0 Å². The van der Waals surface area contributed by atoms with Gasteiger partial charge in [-0.15, -0.1) is 0 Å². The molecule has 1 aromatic heterocycles. The fourth-order valence-electron chi connectivity index (χ4n) is 3.43. The summed E-state index contributed by atoms with van der Waals surface area (Å²) in [6, 6.07) is 12.9. The first-order valence-corrected chi connectivity index (χ1v) is 10.7. The molecule has 2 heterocycles. The van der Waals surface area contributed by atoms with Gasteiger partial charge in [0.2, 0.25) is 5.91 Å². The van der Waals surface area contributed by atoms with Gasteiger partial charge in [0.1, 0.15) is 5.75 Å². The van der Waals surface area contributed by atoms with Crippen molar-refractivity contribution in [3.8, 4) is 11.4 Å². The smallest absolute Gasteiger partial charge is 0.266 e. The van der Waals surface area contributed by atoms with E-state index in [0.29, 0.717) is 53.8 Å². The first-order valence-electron chi connectivity index (χ1n) is 9.73. The predicted octanol–water partition coefficient (Wildman–Crippen LogP) is 2.65. The van der Waals surface area contributed by atoms with Gasteiger partial charge in [0.15, 0.2) is 5.16 Å². The van der Waals surface area contributed by atoms with Gasteiger partial charge < -0.3 is 14.4 Å². The van der Waals surface area contributed by atoms with E-state index in [2.05, 4.69) is 0 Å². The molecule has 156 valence electrons. The fraction of sp³-hybridized carbons (Fsp3) is 0.318. The molecule has 0 aliphatic carbocycles. The summed E-state index contributed by atoms with van der Waals surface area (Å²) in [7, 11) is 1.57. The first kappa shape index (κ1) is 20.4. The quantitative estimate of drug-likeness (QED) is 0.462. The number of rotatable bonds is 5. The minimum atomic E-state index is -0.189. The lowest BCUT2D eigenvalue weighted by atomic mass is 10.2. The van der Waals surface area contributed by atoms with Crippen LogP contribution in [-0.2, 0) is 9.53 Å². The predicted molar refractivity (Wildman–Crippen MR) is 117 cm³/mol. The maximum absolute atomic E-state index is 13.4. The molecular weight excluding hydrogens is 402 g/mol. The molecule has 0 bridgehead atoms. The Morgan fingerprint density at radius 1 is 1.20 bits per heavy atom. The summed E-state index contributed by atoms with van der Waals surface area (Å²) in [6.07, 6.45) is 0. The van der Waals surface area contributed by atoms with Crippen LogP contribution in [0.2, 0.25) is 0 Å². The number of hydrogen-bond acceptors (Lipinski definition) is 6. The van der Waals surface area contributed by atoms with Crippen molar-refractivity contribution >= 4 is 28.6 Å². The normalized spacial score (nSPS) is 14.1. The van der Waals surface area contributed by atoms with Crippen molar-refractivity contribution in [2.45, 2.75) is 12.1 Å². The highest BCUT2D eigenvalue weighted by Gasteiger charge is 2.21. The van der Waals surface area contributed by atoms with Crippen molar-refractivity contribution in [1.82, 2.24) is 14.5 Å². The molecule has 3 aromatic rings. The monoisotopic (exact) mass is 425 g/mol. The van der Waals surface area contributed by atoms with Crippen LogP contribution in [0.1, 0.15) is 5.56 Å². The van der Waals surface area contributed by atoms with Crippen LogP contribution in [0.3, 0.4) is 0 Å². The number of carbonyl (C=O) groups excluding carboxylic acids is 1. The van der Waals surface area contributed by atoms with Gasteiger partial charge in [0.05, 0.1) is 42.7 Å². The molecule has 2 aromatic carbocycles. The van der Waals surface area contributed by atoms with Gasteiger partial charge in [0.25, 0.3) is 5.56 Å². The Bertz CT molecular complexity index is 1140. The molecule has 0 N–H and O–H groups in total. The Morgan fingerprint density at radius 2 is 1.97 bits per heavy atom. The standard InChI is InChI=1S/C22H23N3O4S/c1-15-7-8-19(28-2)18(13-15)25-21(27)16-5-3-4-6-17(16)23-22(25)30-14-20(26)24-9-11-29-12-10-24/h3-8,13H,9-12,14H2,1-2H3. The third-order valence-corrected chi connectivity index (χ3v) is 5.93. The SMILES string of the molecule is COc1ccc(C)cc1-n1c(SCC(=O)N2CCOCC2)nc2ccccc2c1=O. The third kappa shape index (κ3) is 4.06. The van der Waals surface area contributed by atoms with E-state index in [0.717, 1.165) is 5.56 Å². The van der Waals surface area contributed by atoms with Crippen LogP contribution in [0.25, 0.3) is 16.6 Å². The highest BCUT2D eigenvalue weighted by Crippen LogP contribution is 2.28. The van der Waals surface area contributed by atoms with E-state index < -0.39 is 0 Å². The van der Waals surface area contributed by atoms with Crippen LogP contribution in [0.4, 0.5) is 0 Å². The van der Waals surface area contributed by atoms with Crippen molar-refractivity contribution in [3.05, 3.63) is 58.4 Å². The lowest BCUT2D eigenvalue weighted by Gasteiger charge is -2.26. The molecule has 0 radical (unpaired) electrons. The number of thioether (sulfide) groups is 1. The molecule has 1 aliphatic heterocycles. The van der Waals surface area contributed by atoms with Crippen molar-refractivity contribution in [2.24, 2.45) is 0 Å². The molecule has 7 nitrogen and oxygen atoms in total. The molecule has 8 heteroatoms. The van der Waals surface area contributed by atoms with Crippen molar-refractivity contribution in [3.63, 3.8) is 0 Å². The zero-order valence-electron chi connectivity index (χ0n) is 17.0. The molecule has 0 saturated carbocycles. The summed E-state index contributed by atoms with van der Waals surface area (Å²) in [5.74, 6) is 0.772. The highest BCUT2D eigenvalue weighted by atomic mass is 32.2. The second-order valence-corrected chi connectivity index (χ2v) is 7.95. The highest BCUT2D eigenvalue weighted by molar-refractivity contribution is 7.99. The topological polar surface area (TPSA) is 73.7 Å². The summed E-state index contributed by atoms with van der Waals surface area (Å²) >= 11 is 1.26. The lowest BCUT2D eigenvalue weighted by Crippen LogP contribution is -2.41. The number of para-hydroxylation sites is 1. The number of ether oxygens (including phenoxy) is 2. The number of nitrogens with zero attached hydrogens (tertiary/aromatic N) is 3. The molecule has 1 saturated heterocycles.